The molecule has 0 fully saturated rings. The summed E-state index contributed by atoms with van der Waals surface area (Å²) in [6.45, 7) is 1.70. The van der Waals surface area contributed by atoms with Gasteiger partial charge in [0.15, 0.2) is 0 Å². The summed E-state index contributed by atoms with van der Waals surface area (Å²) in [6.07, 6.45) is 1.32. The van der Waals surface area contributed by atoms with E-state index in [-0.39, 0.29) is 10.6 Å². The highest BCUT2D eigenvalue weighted by Gasteiger charge is 2.18. The summed E-state index contributed by atoms with van der Waals surface area (Å²) in [5, 5.41) is 5.71. The van der Waals surface area contributed by atoms with Gasteiger partial charge in [0.2, 0.25) is 10.0 Å². The summed E-state index contributed by atoms with van der Waals surface area (Å²) in [4.78, 5) is -0.283. The zero-order chi connectivity index (χ0) is 17.9. The van der Waals surface area contributed by atoms with Crippen LogP contribution in [-0.2, 0) is 21.3 Å². The second-order valence-electron chi connectivity index (χ2n) is 4.87. The minimum Gasteiger partial charge on any atom is -0.755 e. The molecule has 0 aromatic heterocycles. The maximum absolute atomic E-state index is 11.7. The number of benzene rings is 2. The van der Waals surface area contributed by atoms with E-state index in [0.29, 0.717) is 10.6 Å². The van der Waals surface area contributed by atoms with Gasteiger partial charge < -0.3 is 4.55 Å². The SMILES string of the molecule is CC(=CN(c1ccccc1S(N)(=O)=O)S(=O)[O-])c1ccc(Cl)cc1. The average Bonchev–Trinajstić information content (AvgIpc) is 2.52. The van der Waals surface area contributed by atoms with Crippen molar-refractivity contribution in [2.45, 2.75) is 11.8 Å². The van der Waals surface area contributed by atoms with E-state index in [4.69, 9.17) is 16.7 Å². The Kier molecular flexibility index (Phi) is 5.79. The molecule has 0 bridgehead atoms. The van der Waals surface area contributed by atoms with Gasteiger partial charge >= 0.3 is 0 Å². The molecule has 0 saturated heterocycles. The number of anilines is 1. The van der Waals surface area contributed by atoms with Crippen LogP contribution in [0.25, 0.3) is 5.57 Å². The number of halogens is 1. The van der Waals surface area contributed by atoms with Crippen LogP contribution in [0.4, 0.5) is 5.69 Å². The van der Waals surface area contributed by atoms with Crippen LogP contribution >= 0.6 is 11.6 Å². The van der Waals surface area contributed by atoms with E-state index >= 15 is 0 Å². The van der Waals surface area contributed by atoms with Gasteiger partial charge in [0.1, 0.15) is 4.90 Å². The number of para-hydroxylation sites is 1. The van der Waals surface area contributed by atoms with Gasteiger partial charge in [0.25, 0.3) is 0 Å². The molecule has 2 N–H and O–H groups in total. The fourth-order valence-electron chi connectivity index (χ4n) is 2.04. The van der Waals surface area contributed by atoms with Crippen molar-refractivity contribution in [1.29, 1.82) is 0 Å². The molecule has 0 heterocycles. The third kappa shape index (κ3) is 4.43. The van der Waals surface area contributed by atoms with Crippen LogP contribution in [0.3, 0.4) is 0 Å². The summed E-state index contributed by atoms with van der Waals surface area (Å²) >= 11 is 3.09. The summed E-state index contributed by atoms with van der Waals surface area (Å²) in [6, 6.07) is 12.4. The van der Waals surface area contributed by atoms with Crippen molar-refractivity contribution in [3.8, 4) is 0 Å². The van der Waals surface area contributed by atoms with E-state index in [2.05, 4.69) is 0 Å². The van der Waals surface area contributed by atoms with Gasteiger partial charge in [-0.1, -0.05) is 35.9 Å². The second-order valence-corrected chi connectivity index (χ2v) is 7.67. The van der Waals surface area contributed by atoms with Crippen LogP contribution in [0.15, 0.2) is 59.6 Å². The Balaban J connectivity index is 2.54. The fourth-order valence-corrected chi connectivity index (χ4v) is 3.51. The topological polar surface area (TPSA) is 104 Å². The molecule has 0 radical (unpaired) electrons. The van der Waals surface area contributed by atoms with Crippen LogP contribution in [0.1, 0.15) is 12.5 Å². The molecule has 2 aromatic carbocycles. The summed E-state index contributed by atoms with van der Waals surface area (Å²) in [5.74, 6) is 0. The Bertz CT molecular complexity index is 896. The Morgan fingerprint density at radius 2 is 1.79 bits per heavy atom. The van der Waals surface area contributed by atoms with Gasteiger partial charge in [-0.25, -0.2) is 13.6 Å². The second kappa shape index (κ2) is 7.45. The molecule has 9 heteroatoms. The van der Waals surface area contributed by atoms with Gasteiger partial charge in [0, 0.05) is 11.2 Å². The first-order chi connectivity index (χ1) is 11.2. The lowest BCUT2D eigenvalue weighted by Gasteiger charge is -2.25. The van der Waals surface area contributed by atoms with Gasteiger partial charge in [0.05, 0.1) is 17.0 Å². The number of nitrogens with two attached hydrogens (primary N) is 1. The number of sulfonamides is 1. The highest BCUT2D eigenvalue weighted by atomic mass is 35.5. The van der Waals surface area contributed by atoms with E-state index in [9.17, 15) is 17.2 Å². The number of hydrogen-bond acceptors (Lipinski definition) is 4. The predicted molar refractivity (Wildman–Crippen MR) is 94.3 cm³/mol. The first-order valence-electron chi connectivity index (χ1n) is 6.65. The van der Waals surface area contributed by atoms with Crippen LogP contribution in [-0.4, -0.2) is 17.2 Å². The Hall–Kier alpha value is -1.71. The first-order valence-corrected chi connectivity index (χ1v) is 9.60. The fraction of sp³-hybridized carbons (Fsp3) is 0.0667. The lowest BCUT2D eigenvalue weighted by atomic mass is 10.1. The van der Waals surface area contributed by atoms with Crippen LogP contribution in [0.2, 0.25) is 5.02 Å². The Morgan fingerprint density at radius 1 is 1.21 bits per heavy atom. The van der Waals surface area contributed by atoms with Crippen molar-refractivity contribution in [3.05, 3.63) is 65.3 Å². The molecule has 1 atom stereocenters. The van der Waals surface area contributed by atoms with Crippen LogP contribution < -0.4 is 9.44 Å². The molecule has 128 valence electrons. The predicted octanol–water partition coefficient (Wildman–Crippen LogP) is 2.65. The molecule has 6 nitrogen and oxygen atoms in total. The maximum atomic E-state index is 11.7. The standard InChI is InChI=1S/C15H15ClN2O4S2/c1-11(12-6-8-13(16)9-7-12)10-18(23(19)20)14-4-2-3-5-15(14)24(17,21)22/h2-10H,1H3,(H,19,20)(H2,17,21,22)/p-1. The minimum atomic E-state index is -4.08. The van der Waals surface area contributed by atoms with Crippen molar-refractivity contribution in [2.75, 3.05) is 4.31 Å². The van der Waals surface area contributed by atoms with Gasteiger partial charge in [-0.05, 0) is 42.3 Å². The number of nitrogens with zero attached hydrogens (tertiary/aromatic N) is 1. The smallest absolute Gasteiger partial charge is 0.240 e. The summed E-state index contributed by atoms with van der Waals surface area (Å²) in [7, 11) is -4.08. The van der Waals surface area contributed by atoms with E-state index < -0.39 is 21.3 Å². The third-order valence-electron chi connectivity index (χ3n) is 3.18. The van der Waals surface area contributed by atoms with Crippen LogP contribution in [0.5, 0.6) is 0 Å². The van der Waals surface area contributed by atoms with Crippen molar-refractivity contribution in [2.24, 2.45) is 5.14 Å². The zero-order valence-electron chi connectivity index (χ0n) is 12.5. The monoisotopic (exact) mass is 385 g/mol. The van der Waals surface area contributed by atoms with E-state index in [1.165, 1.54) is 30.5 Å². The van der Waals surface area contributed by atoms with Crippen molar-refractivity contribution in [3.63, 3.8) is 0 Å². The lowest BCUT2D eigenvalue weighted by molar-refractivity contribution is 0.536. The minimum absolute atomic E-state index is 0.0540. The molecular formula is C15H14ClN2O4S2-. The molecule has 2 rings (SSSR count). The maximum Gasteiger partial charge on any atom is 0.240 e. The van der Waals surface area contributed by atoms with Gasteiger partial charge in [-0.2, -0.15) is 0 Å². The van der Waals surface area contributed by atoms with Crippen LogP contribution in [0, 0.1) is 0 Å². The van der Waals surface area contributed by atoms with E-state index in [1.807, 2.05) is 0 Å². The number of rotatable bonds is 5. The third-order valence-corrected chi connectivity index (χ3v) is 5.01. The Morgan fingerprint density at radius 3 is 2.33 bits per heavy atom. The van der Waals surface area contributed by atoms with Gasteiger partial charge in [-0.3, -0.25) is 8.51 Å². The average molecular weight is 386 g/mol. The van der Waals surface area contributed by atoms with Gasteiger partial charge in [-0.15, -0.1) is 0 Å². The van der Waals surface area contributed by atoms with Crippen molar-refractivity contribution >= 4 is 44.2 Å². The molecule has 0 spiro atoms. The number of hydrogen-bond donors (Lipinski definition) is 1. The summed E-state index contributed by atoms with van der Waals surface area (Å²) in [5.41, 5.74) is 1.28. The molecule has 0 aliphatic rings. The van der Waals surface area contributed by atoms with E-state index in [1.54, 1.807) is 31.2 Å². The largest absolute Gasteiger partial charge is 0.755 e. The molecule has 2 aromatic rings. The van der Waals surface area contributed by atoms with Crippen molar-refractivity contribution in [1.82, 2.24) is 0 Å². The number of allylic oxidation sites excluding steroid dienone is 1. The molecule has 24 heavy (non-hydrogen) atoms. The molecule has 0 aliphatic heterocycles. The first kappa shape index (κ1) is 18.6. The van der Waals surface area contributed by atoms with Crippen molar-refractivity contribution < 1.29 is 17.2 Å². The molecule has 1 unspecified atom stereocenters. The molecule has 0 aliphatic carbocycles. The molecule has 0 amide bonds. The quantitative estimate of drug-likeness (QED) is 0.799. The highest BCUT2D eigenvalue weighted by Crippen LogP contribution is 2.27. The lowest BCUT2D eigenvalue weighted by Crippen LogP contribution is -2.23. The number of primary sulfonamides is 1. The highest BCUT2D eigenvalue weighted by molar-refractivity contribution is 7.89. The zero-order valence-corrected chi connectivity index (χ0v) is 14.9. The normalized spacial score (nSPS) is 13.6. The molecule has 0 saturated carbocycles. The Labute approximate surface area is 148 Å². The van der Waals surface area contributed by atoms with E-state index in [0.717, 1.165) is 9.87 Å². The molecular weight excluding hydrogens is 372 g/mol. The summed E-state index contributed by atoms with van der Waals surface area (Å²) < 4.78 is 47.4.